The standard InChI is InChI=1S/C13H20FNOSi/c1-17(2,3)16-13-9-15(10-13)8-11-4-6-12(14)7-5-11/h4-7,13H,8-10H2,1-3H3. The number of likely N-dealkylation sites (tertiary alicyclic amines) is 1. The minimum Gasteiger partial charge on any atom is -0.412 e. The Kier molecular flexibility index (Phi) is 3.66. The lowest BCUT2D eigenvalue weighted by molar-refractivity contribution is 0.00953. The van der Waals surface area contributed by atoms with Crippen molar-refractivity contribution < 1.29 is 8.82 Å². The van der Waals surface area contributed by atoms with Crippen molar-refractivity contribution in [3.8, 4) is 0 Å². The number of halogens is 1. The van der Waals surface area contributed by atoms with Crippen molar-refractivity contribution >= 4 is 8.32 Å². The lowest BCUT2D eigenvalue weighted by Gasteiger charge is -2.42. The van der Waals surface area contributed by atoms with E-state index < -0.39 is 8.32 Å². The predicted octanol–water partition coefficient (Wildman–Crippen LogP) is 2.86. The van der Waals surface area contributed by atoms with Crippen molar-refractivity contribution in [2.75, 3.05) is 13.1 Å². The highest BCUT2D eigenvalue weighted by molar-refractivity contribution is 6.69. The van der Waals surface area contributed by atoms with Gasteiger partial charge in [-0.15, -0.1) is 0 Å². The van der Waals surface area contributed by atoms with Crippen molar-refractivity contribution in [3.63, 3.8) is 0 Å². The maximum atomic E-state index is 12.7. The zero-order chi connectivity index (χ0) is 12.5. The molecule has 0 amide bonds. The van der Waals surface area contributed by atoms with Crippen LogP contribution in [0.2, 0.25) is 19.6 Å². The van der Waals surface area contributed by atoms with E-state index in [0.29, 0.717) is 6.10 Å². The number of benzene rings is 1. The van der Waals surface area contributed by atoms with E-state index in [0.717, 1.165) is 25.2 Å². The minimum atomic E-state index is -1.40. The molecule has 17 heavy (non-hydrogen) atoms. The maximum absolute atomic E-state index is 12.7. The lowest BCUT2D eigenvalue weighted by Crippen LogP contribution is -2.54. The zero-order valence-electron chi connectivity index (χ0n) is 10.7. The van der Waals surface area contributed by atoms with E-state index in [1.165, 1.54) is 12.1 Å². The highest BCUT2D eigenvalue weighted by atomic mass is 28.4. The van der Waals surface area contributed by atoms with Crippen molar-refractivity contribution in [1.29, 1.82) is 0 Å². The molecule has 0 bridgehead atoms. The average Bonchev–Trinajstić information content (AvgIpc) is 2.16. The summed E-state index contributed by atoms with van der Waals surface area (Å²) in [4.78, 5) is 2.33. The number of hydrogen-bond acceptors (Lipinski definition) is 2. The van der Waals surface area contributed by atoms with E-state index in [1.54, 1.807) is 0 Å². The van der Waals surface area contributed by atoms with Crippen LogP contribution < -0.4 is 0 Å². The van der Waals surface area contributed by atoms with E-state index in [4.69, 9.17) is 4.43 Å². The van der Waals surface area contributed by atoms with Crippen LogP contribution in [-0.4, -0.2) is 32.4 Å². The smallest absolute Gasteiger partial charge is 0.184 e. The predicted molar refractivity (Wildman–Crippen MR) is 69.9 cm³/mol. The molecule has 0 atom stereocenters. The molecule has 2 rings (SSSR count). The van der Waals surface area contributed by atoms with E-state index in [1.807, 2.05) is 12.1 Å². The molecule has 94 valence electrons. The minimum absolute atomic E-state index is 0.169. The van der Waals surface area contributed by atoms with Gasteiger partial charge in [-0.1, -0.05) is 12.1 Å². The van der Waals surface area contributed by atoms with Gasteiger partial charge in [0.1, 0.15) is 5.82 Å². The third-order valence-electron chi connectivity index (χ3n) is 2.76. The molecule has 4 heteroatoms. The molecule has 1 aromatic rings. The number of rotatable bonds is 4. The van der Waals surface area contributed by atoms with Crippen LogP contribution in [0.4, 0.5) is 4.39 Å². The Morgan fingerprint density at radius 3 is 2.35 bits per heavy atom. The van der Waals surface area contributed by atoms with Crippen molar-refractivity contribution in [2.45, 2.75) is 32.3 Å². The van der Waals surface area contributed by atoms with Crippen LogP contribution in [-0.2, 0) is 11.0 Å². The summed E-state index contributed by atoms with van der Waals surface area (Å²) in [7, 11) is -1.40. The van der Waals surface area contributed by atoms with Gasteiger partial charge in [0.2, 0.25) is 0 Å². The fourth-order valence-electron chi connectivity index (χ4n) is 2.07. The molecular formula is C13H20FNOSi. The lowest BCUT2D eigenvalue weighted by atomic mass is 10.1. The van der Waals surface area contributed by atoms with Gasteiger partial charge in [0, 0.05) is 19.6 Å². The van der Waals surface area contributed by atoms with Gasteiger partial charge in [0.15, 0.2) is 8.32 Å². The van der Waals surface area contributed by atoms with Crippen molar-refractivity contribution in [3.05, 3.63) is 35.6 Å². The summed E-state index contributed by atoms with van der Waals surface area (Å²) in [6, 6.07) is 6.74. The van der Waals surface area contributed by atoms with Crippen LogP contribution in [0.1, 0.15) is 5.56 Å². The monoisotopic (exact) mass is 253 g/mol. The van der Waals surface area contributed by atoms with E-state index >= 15 is 0 Å². The topological polar surface area (TPSA) is 12.5 Å². The van der Waals surface area contributed by atoms with Gasteiger partial charge in [-0.05, 0) is 37.3 Å². The van der Waals surface area contributed by atoms with E-state index in [9.17, 15) is 4.39 Å². The molecule has 2 nitrogen and oxygen atoms in total. The molecule has 1 aliphatic rings. The normalized spacial score (nSPS) is 18.1. The maximum Gasteiger partial charge on any atom is 0.184 e. The summed E-state index contributed by atoms with van der Waals surface area (Å²) in [5.74, 6) is -0.169. The molecule has 1 heterocycles. The molecule has 0 N–H and O–H groups in total. The van der Waals surface area contributed by atoms with E-state index in [-0.39, 0.29) is 5.82 Å². The molecular weight excluding hydrogens is 233 g/mol. The van der Waals surface area contributed by atoms with E-state index in [2.05, 4.69) is 24.5 Å². The summed E-state index contributed by atoms with van der Waals surface area (Å²) in [5, 5.41) is 0. The Morgan fingerprint density at radius 1 is 1.24 bits per heavy atom. The summed E-state index contributed by atoms with van der Waals surface area (Å²) in [5.41, 5.74) is 1.16. The largest absolute Gasteiger partial charge is 0.412 e. The van der Waals surface area contributed by atoms with Gasteiger partial charge >= 0.3 is 0 Å². The van der Waals surface area contributed by atoms with Crippen LogP contribution in [0.15, 0.2) is 24.3 Å². The molecule has 0 radical (unpaired) electrons. The Balaban J connectivity index is 1.76. The fraction of sp³-hybridized carbons (Fsp3) is 0.538. The van der Waals surface area contributed by atoms with Gasteiger partial charge in [0.05, 0.1) is 6.10 Å². The fourth-order valence-corrected chi connectivity index (χ4v) is 3.22. The molecule has 0 spiro atoms. The zero-order valence-corrected chi connectivity index (χ0v) is 11.7. The highest BCUT2D eigenvalue weighted by Crippen LogP contribution is 2.19. The molecule has 1 aliphatic heterocycles. The first-order valence-electron chi connectivity index (χ1n) is 6.07. The molecule has 1 fully saturated rings. The second kappa shape index (κ2) is 4.88. The third-order valence-corrected chi connectivity index (χ3v) is 3.80. The molecule has 1 aromatic carbocycles. The van der Waals surface area contributed by atoms with Crippen LogP contribution in [0.5, 0.6) is 0 Å². The quantitative estimate of drug-likeness (QED) is 0.765. The summed E-state index contributed by atoms with van der Waals surface area (Å²) in [6.07, 6.45) is 0.405. The molecule has 0 unspecified atom stereocenters. The van der Waals surface area contributed by atoms with Gasteiger partial charge in [0.25, 0.3) is 0 Å². The number of nitrogens with zero attached hydrogens (tertiary/aromatic N) is 1. The van der Waals surface area contributed by atoms with Crippen LogP contribution in [0, 0.1) is 5.82 Å². The first kappa shape index (κ1) is 12.7. The van der Waals surface area contributed by atoms with Crippen molar-refractivity contribution in [2.24, 2.45) is 0 Å². The Labute approximate surface area is 104 Å². The van der Waals surface area contributed by atoms with Gasteiger partial charge in [-0.3, -0.25) is 4.90 Å². The van der Waals surface area contributed by atoms with Crippen LogP contribution in [0.25, 0.3) is 0 Å². The first-order valence-corrected chi connectivity index (χ1v) is 9.48. The molecule has 1 saturated heterocycles. The van der Waals surface area contributed by atoms with Crippen LogP contribution >= 0.6 is 0 Å². The molecule has 0 aliphatic carbocycles. The molecule has 0 aromatic heterocycles. The Hall–Kier alpha value is -0.713. The average molecular weight is 253 g/mol. The van der Waals surface area contributed by atoms with Gasteiger partial charge < -0.3 is 4.43 Å². The third kappa shape index (κ3) is 3.91. The van der Waals surface area contributed by atoms with Gasteiger partial charge in [-0.2, -0.15) is 0 Å². The first-order chi connectivity index (χ1) is 7.92. The second-order valence-electron chi connectivity index (χ2n) is 5.67. The Bertz CT molecular complexity index is 368. The van der Waals surface area contributed by atoms with Crippen molar-refractivity contribution in [1.82, 2.24) is 4.90 Å². The SMILES string of the molecule is C[Si](C)(C)OC1CN(Cc2ccc(F)cc2)C1. The summed E-state index contributed by atoms with van der Waals surface area (Å²) >= 11 is 0. The summed E-state index contributed by atoms with van der Waals surface area (Å²) in [6.45, 7) is 9.55. The molecule has 0 saturated carbocycles. The highest BCUT2D eigenvalue weighted by Gasteiger charge is 2.31. The Morgan fingerprint density at radius 2 is 1.82 bits per heavy atom. The number of hydrogen-bond donors (Lipinski definition) is 0. The summed E-state index contributed by atoms with van der Waals surface area (Å²) < 4.78 is 18.7. The van der Waals surface area contributed by atoms with Gasteiger partial charge in [-0.25, -0.2) is 4.39 Å². The van der Waals surface area contributed by atoms with Crippen LogP contribution in [0.3, 0.4) is 0 Å². The second-order valence-corrected chi connectivity index (χ2v) is 10.1.